The number of rotatable bonds is 8. The van der Waals surface area contributed by atoms with Gasteiger partial charge in [-0.2, -0.15) is 0 Å². The van der Waals surface area contributed by atoms with Crippen LogP contribution in [0.5, 0.6) is 11.5 Å². The van der Waals surface area contributed by atoms with Gasteiger partial charge < -0.3 is 24.3 Å². The second kappa shape index (κ2) is 10.6. The van der Waals surface area contributed by atoms with Gasteiger partial charge in [-0.3, -0.25) is 9.59 Å². The number of nitrogens with zero attached hydrogens (tertiary/aromatic N) is 3. The average Bonchev–Trinajstić information content (AvgIpc) is 2.87. The molecule has 34 heavy (non-hydrogen) atoms. The average molecular weight is 465 g/mol. The van der Waals surface area contributed by atoms with Crippen molar-refractivity contribution in [3.05, 3.63) is 58.4 Å². The fourth-order valence-corrected chi connectivity index (χ4v) is 4.49. The molecule has 180 valence electrons. The lowest BCUT2D eigenvalue weighted by molar-refractivity contribution is -0.125. The highest BCUT2D eigenvalue weighted by molar-refractivity contribution is 5.79. The first-order chi connectivity index (χ1) is 16.5. The maximum absolute atomic E-state index is 13.1. The Morgan fingerprint density at radius 1 is 1.12 bits per heavy atom. The van der Waals surface area contributed by atoms with Crippen LogP contribution in [-0.4, -0.2) is 42.3 Å². The summed E-state index contributed by atoms with van der Waals surface area (Å²) in [7, 11) is 1.61. The molecule has 0 aliphatic carbocycles. The SMILES string of the molecule is CCOc1cc(CNC(=O)C2CCN(c3nc4ccccc4n(CC)c3=O)CC2)ccc1OC. The minimum absolute atomic E-state index is 0.0332. The molecule has 8 nitrogen and oxygen atoms in total. The number of methoxy groups -OCH3 is 1. The Labute approximate surface area is 199 Å². The molecular formula is C26H32N4O4. The third-order valence-corrected chi connectivity index (χ3v) is 6.31. The van der Waals surface area contributed by atoms with Crippen LogP contribution in [0, 0.1) is 5.92 Å². The summed E-state index contributed by atoms with van der Waals surface area (Å²) in [4.78, 5) is 32.6. The summed E-state index contributed by atoms with van der Waals surface area (Å²) >= 11 is 0. The maximum atomic E-state index is 13.1. The number of hydrogen-bond donors (Lipinski definition) is 1. The summed E-state index contributed by atoms with van der Waals surface area (Å²) in [5, 5.41) is 3.05. The van der Waals surface area contributed by atoms with E-state index in [9.17, 15) is 9.59 Å². The molecule has 4 rings (SSSR count). The number of carbonyl (C=O) groups excluding carboxylic acids is 1. The smallest absolute Gasteiger partial charge is 0.293 e. The molecule has 0 unspecified atom stereocenters. The second-order valence-corrected chi connectivity index (χ2v) is 8.37. The lowest BCUT2D eigenvalue weighted by atomic mass is 9.96. The number of hydrogen-bond acceptors (Lipinski definition) is 6. The molecule has 1 N–H and O–H groups in total. The molecule has 1 aromatic heterocycles. The first kappa shape index (κ1) is 23.6. The molecule has 1 saturated heterocycles. The first-order valence-corrected chi connectivity index (χ1v) is 11.9. The summed E-state index contributed by atoms with van der Waals surface area (Å²) in [5.41, 5.74) is 2.54. The molecule has 0 spiro atoms. The first-order valence-electron chi connectivity index (χ1n) is 11.9. The number of anilines is 1. The van der Waals surface area contributed by atoms with E-state index in [1.165, 1.54) is 0 Å². The Morgan fingerprint density at radius 2 is 1.88 bits per heavy atom. The zero-order valence-electron chi connectivity index (χ0n) is 20.0. The van der Waals surface area contributed by atoms with Gasteiger partial charge in [-0.05, 0) is 56.5 Å². The van der Waals surface area contributed by atoms with Crippen molar-refractivity contribution in [1.29, 1.82) is 0 Å². The Bertz CT molecular complexity index is 1220. The van der Waals surface area contributed by atoms with Crippen LogP contribution in [-0.2, 0) is 17.9 Å². The van der Waals surface area contributed by atoms with Crippen molar-refractivity contribution >= 4 is 22.8 Å². The summed E-state index contributed by atoms with van der Waals surface area (Å²) < 4.78 is 12.7. The van der Waals surface area contributed by atoms with Crippen LogP contribution in [0.4, 0.5) is 5.82 Å². The van der Waals surface area contributed by atoms with Gasteiger partial charge in [-0.1, -0.05) is 18.2 Å². The number of aryl methyl sites for hydroxylation is 1. The predicted octanol–water partition coefficient (Wildman–Crippen LogP) is 3.36. The van der Waals surface area contributed by atoms with Crippen molar-refractivity contribution in [3.63, 3.8) is 0 Å². The van der Waals surface area contributed by atoms with E-state index in [0.717, 1.165) is 16.6 Å². The minimum Gasteiger partial charge on any atom is -0.493 e. The number of piperidine rings is 1. The lowest BCUT2D eigenvalue weighted by Crippen LogP contribution is -2.43. The van der Waals surface area contributed by atoms with E-state index < -0.39 is 0 Å². The molecular weight excluding hydrogens is 432 g/mol. The number of para-hydroxylation sites is 2. The van der Waals surface area contributed by atoms with Gasteiger partial charge in [-0.25, -0.2) is 4.98 Å². The molecule has 1 fully saturated rings. The second-order valence-electron chi connectivity index (χ2n) is 8.37. The standard InChI is InChI=1S/C26H32N4O4/c1-4-30-21-9-7-6-8-20(21)28-24(26(30)32)29-14-12-19(13-15-29)25(31)27-17-18-10-11-22(33-3)23(16-18)34-5-2/h6-11,16,19H,4-5,12-15,17H2,1-3H3,(H,27,31). The van der Waals surface area contributed by atoms with Crippen molar-refractivity contribution in [2.24, 2.45) is 5.92 Å². The molecule has 0 atom stereocenters. The normalized spacial score (nSPS) is 14.3. The van der Waals surface area contributed by atoms with Gasteiger partial charge in [0.05, 0.1) is 24.8 Å². The number of benzene rings is 2. The summed E-state index contributed by atoms with van der Waals surface area (Å²) in [6.45, 7) is 6.69. The van der Waals surface area contributed by atoms with Gasteiger partial charge >= 0.3 is 0 Å². The molecule has 1 aliphatic rings. The third kappa shape index (κ3) is 4.85. The predicted molar refractivity (Wildman–Crippen MR) is 133 cm³/mol. The van der Waals surface area contributed by atoms with E-state index in [1.54, 1.807) is 11.7 Å². The number of ether oxygens (including phenoxy) is 2. The van der Waals surface area contributed by atoms with Gasteiger partial charge in [0, 0.05) is 32.1 Å². The van der Waals surface area contributed by atoms with Crippen LogP contribution in [0.15, 0.2) is 47.3 Å². The van der Waals surface area contributed by atoms with E-state index in [4.69, 9.17) is 9.47 Å². The number of amides is 1. The number of carbonyl (C=O) groups is 1. The van der Waals surface area contributed by atoms with E-state index in [0.29, 0.717) is 62.9 Å². The highest BCUT2D eigenvalue weighted by atomic mass is 16.5. The zero-order valence-corrected chi connectivity index (χ0v) is 20.0. The van der Waals surface area contributed by atoms with Crippen LogP contribution in [0.25, 0.3) is 11.0 Å². The molecule has 0 bridgehead atoms. The van der Waals surface area contributed by atoms with Crippen LogP contribution < -0.4 is 25.2 Å². The van der Waals surface area contributed by atoms with Crippen LogP contribution >= 0.6 is 0 Å². The van der Waals surface area contributed by atoms with E-state index >= 15 is 0 Å². The van der Waals surface area contributed by atoms with Crippen molar-refractivity contribution in [3.8, 4) is 11.5 Å². The Balaban J connectivity index is 1.39. The Kier molecular flexibility index (Phi) is 7.35. The molecule has 8 heteroatoms. The van der Waals surface area contributed by atoms with Crippen LogP contribution in [0.1, 0.15) is 32.3 Å². The van der Waals surface area contributed by atoms with E-state index in [1.807, 2.05) is 61.2 Å². The molecule has 3 aromatic rings. The van der Waals surface area contributed by atoms with E-state index in [-0.39, 0.29) is 17.4 Å². The van der Waals surface area contributed by atoms with Crippen molar-refractivity contribution in [1.82, 2.24) is 14.9 Å². The van der Waals surface area contributed by atoms with Gasteiger partial charge in [-0.15, -0.1) is 0 Å². The number of fused-ring (bicyclic) bond motifs is 1. The van der Waals surface area contributed by atoms with Crippen molar-refractivity contribution in [2.75, 3.05) is 31.7 Å². The molecule has 2 heterocycles. The summed E-state index contributed by atoms with van der Waals surface area (Å²) in [5.74, 6) is 1.76. The van der Waals surface area contributed by atoms with Gasteiger partial charge in [0.25, 0.3) is 5.56 Å². The Morgan fingerprint density at radius 3 is 2.59 bits per heavy atom. The lowest BCUT2D eigenvalue weighted by Gasteiger charge is -2.32. The topological polar surface area (TPSA) is 85.7 Å². The maximum Gasteiger partial charge on any atom is 0.293 e. The molecule has 0 saturated carbocycles. The minimum atomic E-state index is -0.0882. The quantitative estimate of drug-likeness (QED) is 0.550. The van der Waals surface area contributed by atoms with Gasteiger partial charge in [0.15, 0.2) is 17.3 Å². The molecule has 1 aliphatic heterocycles. The van der Waals surface area contributed by atoms with Gasteiger partial charge in [0.2, 0.25) is 5.91 Å². The van der Waals surface area contributed by atoms with E-state index in [2.05, 4.69) is 10.3 Å². The van der Waals surface area contributed by atoms with Crippen molar-refractivity contribution in [2.45, 2.75) is 39.8 Å². The number of aromatic nitrogens is 2. The highest BCUT2D eigenvalue weighted by Gasteiger charge is 2.27. The zero-order chi connectivity index (χ0) is 24.1. The fourth-order valence-electron chi connectivity index (χ4n) is 4.49. The largest absolute Gasteiger partial charge is 0.493 e. The number of nitrogens with one attached hydrogen (secondary N) is 1. The monoisotopic (exact) mass is 464 g/mol. The van der Waals surface area contributed by atoms with Crippen molar-refractivity contribution < 1.29 is 14.3 Å². The summed E-state index contributed by atoms with van der Waals surface area (Å²) in [6, 6.07) is 13.4. The molecule has 0 radical (unpaired) electrons. The van der Waals surface area contributed by atoms with Crippen LogP contribution in [0.2, 0.25) is 0 Å². The summed E-state index contributed by atoms with van der Waals surface area (Å²) in [6.07, 6.45) is 1.36. The van der Waals surface area contributed by atoms with Gasteiger partial charge in [0.1, 0.15) is 0 Å². The fraction of sp³-hybridized carbons (Fsp3) is 0.423. The Hall–Kier alpha value is -3.55. The third-order valence-electron chi connectivity index (χ3n) is 6.31. The van der Waals surface area contributed by atoms with Crippen LogP contribution in [0.3, 0.4) is 0 Å². The molecule has 2 aromatic carbocycles. The molecule has 1 amide bonds. The highest BCUT2D eigenvalue weighted by Crippen LogP contribution is 2.28.